The van der Waals surface area contributed by atoms with Crippen LogP contribution in [0, 0.1) is 17.8 Å². The Morgan fingerprint density at radius 3 is 2.30 bits per heavy atom. The standard InChI is InChI=1S/C16H32N2O2/c1-4-20-16(5-7-19-8-6-16)15(18-17)14-10-12(2)9-13(3)11-14/h12-15,18H,4-11,17H2,1-3H3. The highest BCUT2D eigenvalue weighted by Gasteiger charge is 2.45. The lowest BCUT2D eigenvalue weighted by molar-refractivity contribution is -0.140. The van der Waals surface area contributed by atoms with Crippen LogP contribution in [0.1, 0.15) is 52.9 Å². The summed E-state index contributed by atoms with van der Waals surface area (Å²) in [6.45, 7) is 9.14. The van der Waals surface area contributed by atoms with Crippen LogP contribution in [-0.2, 0) is 9.47 Å². The van der Waals surface area contributed by atoms with Gasteiger partial charge < -0.3 is 9.47 Å². The maximum Gasteiger partial charge on any atom is 0.0894 e. The summed E-state index contributed by atoms with van der Waals surface area (Å²) in [5, 5.41) is 0. The molecule has 2 aliphatic rings. The van der Waals surface area contributed by atoms with Crippen LogP contribution in [0.3, 0.4) is 0 Å². The van der Waals surface area contributed by atoms with Gasteiger partial charge in [-0.05, 0) is 43.9 Å². The molecule has 0 amide bonds. The third-order valence-corrected chi connectivity index (χ3v) is 5.20. The predicted molar refractivity (Wildman–Crippen MR) is 81.2 cm³/mol. The van der Waals surface area contributed by atoms with E-state index in [9.17, 15) is 0 Å². The first-order valence-electron chi connectivity index (χ1n) is 8.29. The number of rotatable bonds is 5. The van der Waals surface area contributed by atoms with Crippen molar-refractivity contribution in [3.05, 3.63) is 0 Å². The second-order valence-electron chi connectivity index (χ2n) is 6.93. The fourth-order valence-corrected chi connectivity index (χ4v) is 4.55. The molecule has 4 nitrogen and oxygen atoms in total. The van der Waals surface area contributed by atoms with Crippen molar-refractivity contribution in [3.63, 3.8) is 0 Å². The van der Waals surface area contributed by atoms with Crippen molar-refractivity contribution in [1.29, 1.82) is 0 Å². The van der Waals surface area contributed by atoms with Crippen molar-refractivity contribution in [3.8, 4) is 0 Å². The summed E-state index contributed by atoms with van der Waals surface area (Å²) in [6, 6.07) is 0.247. The van der Waals surface area contributed by atoms with Gasteiger partial charge in [-0.25, -0.2) is 0 Å². The molecule has 1 aliphatic heterocycles. The van der Waals surface area contributed by atoms with Gasteiger partial charge in [0.25, 0.3) is 0 Å². The largest absolute Gasteiger partial charge is 0.381 e. The first-order chi connectivity index (χ1) is 9.61. The van der Waals surface area contributed by atoms with E-state index in [-0.39, 0.29) is 11.6 Å². The van der Waals surface area contributed by atoms with E-state index in [1.807, 2.05) is 0 Å². The molecule has 0 aromatic carbocycles. The molecule has 4 heteroatoms. The minimum absolute atomic E-state index is 0.136. The fourth-order valence-electron chi connectivity index (χ4n) is 4.55. The summed E-state index contributed by atoms with van der Waals surface area (Å²) in [5.41, 5.74) is 2.99. The van der Waals surface area contributed by atoms with E-state index in [1.165, 1.54) is 19.3 Å². The zero-order valence-electron chi connectivity index (χ0n) is 13.4. The zero-order valence-corrected chi connectivity index (χ0v) is 13.4. The van der Waals surface area contributed by atoms with Crippen LogP contribution in [0.15, 0.2) is 0 Å². The highest BCUT2D eigenvalue weighted by Crippen LogP contribution is 2.41. The van der Waals surface area contributed by atoms with Crippen molar-refractivity contribution in [2.45, 2.75) is 64.5 Å². The van der Waals surface area contributed by atoms with Crippen LogP contribution in [0.25, 0.3) is 0 Å². The van der Waals surface area contributed by atoms with Gasteiger partial charge in [-0.3, -0.25) is 11.3 Å². The fraction of sp³-hybridized carbons (Fsp3) is 1.00. The van der Waals surface area contributed by atoms with Crippen molar-refractivity contribution in [1.82, 2.24) is 5.43 Å². The number of nitrogens with one attached hydrogen (secondary N) is 1. The molecule has 2 rings (SSSR count). The van der Waals surface area contributed by atoms with E-state index < -0.39 is 0 Å². The molecule has 3 unspecified atom stereocenters. The van der Waals surface area contributed by atoms with E-state index in [0.717, 1.165) is 44.5 Å². The summed E-state index contributed by atoms with van der Waals surface area (Å²) < 4.78 is 11.8. The van der Waals surface area contributed by atoms with Crippen molar-refractivity contribution >= 4 is 0 Å². The number of ether oxygens (including phenoxy) is 2. The first kappa shape index (κ1) is 16.2. The molecule has 3 N–H and O–H groups in total. The van der Waals surface area contributed by atoms with Crippen LogP contribution in [-0.4, -0.2) is 31.5 Å². The van der Waals surface area contributed by atoms with Gasteiger partial charge >= 0.3 is 0 Å². The molecule has 1 heterocycles. The molecular weight excluding hydrogens is 252 g/mol. The third-order valence-electron chi connectivity index (χ3n) is 5.20. The molecule has 1 saturated heterocycles. The zero-order chi connectivity index (χ0) is 14.6. The van der Waals surface area contributed by atoms with Gasteiger partial charge in [0, 0.05) is 32.7 Å². The third kappa shape index (κ3) is 3.53. The molecule has 118 valence electrons. The van der Waals surface area contributed by atoms with Crippen LogP contribution in [0.5, 0.6) is 0 Å². The lowest BCUT2D eigenvalue weighted by Gasteiger charge is -2.48. The van der Waals surface area contributed by atoms with E-state index >= 15 is 0 Å². The summed E-state index contributed by atoms with van der Waals surface area (Å²) >= 11 is 0. The lowest BCUT2D eigenvalue weighted by Crippen LogP contribution is -2.61. The normalized spacial score (nSPS) is 35.7. The number of hydrogen-bond donors (Lipinski definition) is 2. The molecule has 0 radical (unpaired) electrons. The summed E-state index contributed by atoms with van der Waals surface area (Å²) in [6.07, 6.45) is 5.77. The Morgan fingerprint density at radius 2 is 1.80 bits per heavy atom. The van der Waals surface area contributed by atoms with Gasteiger partial charge in [-0.15, -0.1) is 0 Å². The minimum Gasteiger partial charge on any atom is -0.381 e. The van der Waals surface area contributed by atoms with E-state index in [2.05, 4.69) is 26.2 Å². The average Bonchev–Trinajstić information content (AvgIpc) is 2.39. The second-order valence-corrected chi connectivity index (χ2v) is 6.93. The molecule has 1 aliphatic carbocycles. The van der Waals surface area contributed by atoms with Gasteiger partial charge in [-0.2, -0.15) is 0 Å². The maximum absolute atomic E-state index is 6.22. The Labute approximate surface area is 123 Å². The summed E-state index contributed by atoms with van der Waals surface area (Å²) in [5.74, 6) is 8.16. The number of hydrogen-bond acceptors (Lipinski definition) is 4. The van der Waals surface area contributed by atoms with Gasteiger partial charge in [-0.1, -0.05) is 13.8 Å². The topological polar surface area (TPSA) is 56.5 Å². The molecule has 3 atom stereocenters. The first-order valence-corrected chi connectivity index (χ1v) is 8.29. The molecule has 0 aromatic heterocycles. The monoisotopic (exact) mass is 284 g/mol. The Morgan fingerprint density at radius 1 is 1.20 bits per heavy atom. The number of hydrazine groups is 1. The SMILES string of the molecule is CCOC1(C(NN)C2CC(C)CC(C)C2)CCOCC1. The second kappa shape index (κ2) is 7.21. The Hall–Kier alpha value is -0.160. The minimum atomic E-state index is -0.136. The quantitative estimate of drug-likeness (QED) is 0.601. The van der Waals surface area contributed by atoms with Crippen LogP contribution in [0.2, 0.25) is 0 Å². The number of nitrogens with two attached hydrogens (primary N) is 1. The van der Waals surface area contributed by atoms with Crippen LogP contribution in [0.4, 0.5) is 0 Å². The van der Waals surface area contributed by atoms with Crippen molar-refractivity contribution in [2.24, 2.45) is 23.6 Å². The molecule has 0 spiro atoms. The lowest BCUT2D eigenvalue weighted by atomic mass is 9.68. The molecule has 0 aromatic rings. The van der Waals surface area contributed by atoms with E-state index in [0.29, 0.717) is 5.92 Å². The highest BCUT2D eigenvalue weighted by molar-refractivity contribution is 4.99. The Balaban J connectivity index is 2.14. The summed E-state index contributed by atoms with van der Waals surface area (Å²) in [4.78, 5) is 0. The highest BCUT2D eigenvalue weighted by atomic mass is 16.5. The van der Waals surface area contributed by atoms with Crippen LogP contribution < -0.4 is 11.3 Å². The van der Waals surface area contributed by atoms with Crippen molar-refractivity contribution < 1.29 is 9.47 Å². The van der Waals surface area contributed by atoms with Gasteiger partial charge in [0.05, 0.1) is 11.6 Å². The average molecular weight is 284 g/mol. The molecule has 0 bridgehead atoms. The Bertz CT molecular complexity index is 277. The maximum atomic E-state index is 6.22. The van der Waals surface area contributed by atoms with E-state index in [1.54, 1.807) is 0 Å². The smallest absolute Gasteiger partial charge is 0.0894 e. The Kier molecular flexibility index (Phi) is 5.84. The van der Waals surface area contributed by atoms with Gasteiger partial charge in [0.1, 0.15) is 0 Å². The van der Waals surface area contributed by atoms with Crippen molar-refractivity contribution in [2.75, 3.05) is 19.8 Å². The van der Waals surface area contributed by atoms with E-state index in [4.69, 9.17) is 15.3 Å². The molecule has 1 saturated carbocycles. The molecule has 20 heavy (non-hydrogen) atoms. The van der Waals surface area contributed by atoms with Gasteiger partial charge in [0.2, 0.25) is 0 Å². The van der Waals surface area contributed by atoms with Crippen LogP contribution >= 0.6 is 0 Å². The molecular formula is C16H32N2O2. The molecule has 2 fully saturated rings. The predicted octanol–water partition coefficient (Wildman–Crippen LogP) is 2.48. The summed E-state index contributed by atoms with van der Waals surface area (Å²) in [7, 11) is 0. The van der Waals surface area contributed by atoms with Gasteiger partial charge in [0.15, 0.2) is 0 Å².